The highest BCUT2D eigenvalue weighted by molar-refractivity contribution is 5.14. The van der Waals surface area contributed by atoms with Gasteiger partial charge in [0.1, 0.15) is 18.9 Å². The van der Waals surface area contributed by atoms with Gasteiger partial charge in [-0.25, -0.2) is 0 Å². The third-order valence-corrected chi connectivity index (χ3v) is 2.03. The molecule has 1 aromatic rings. The van der Waals surface area contributed by atoms with Gasteiger partial charge in [-0.15, -0.1) is 5.11 Å². The van der Waals surface area contributed by atoms with Crippen LogP contribution in [0.4, 0.5) is 0 Å². The van der Waals surface area contributed by atoms with Gasteiger partial charge in [0.05, 0.1) is 0 Å². The summed E-state index contributed by atoms with van der Waals surface area (Å²) in [7, 11) is 0. The topological polar surface area (TPSA) is 29.2 Å². The van der Waals surface area contributed by atoms with E-state index >= 15 is 0 Å². The molecule has 0 aliphatic carbocycles. The Balaban J connectivity index is 1.86. The van der Waals surface area contributed by atoms with Gasteiger partial charge in [0.15, 0.2) is 0 Å². The van der Waals surface area contributed by atoms with Crippen LogP contribution < -0.4 is 5.01 Å². The van der Waals surface area contributed by atoms with Gasteiger partial charge in [0, 0.05) is 11.6 Å². The van der Waals surface area contributed by atoms with Crippen molar-refractivity contribution in [3.8, 4) is 0 Å². The molecule has 13 heavy (non-hydrogen) atoms. The van der Waals surface area contributed by atoms with Crippen LogP contribution in [0, 0.1) is 0 Å². The van der Waals surface area contributed by atoms with Crippen molar-refractivity contribution in [2.45, 2.75) is 6.42 Å². The fourth-order valence-corrected chi connectivity index (χ4v) is 1.31. The third kappa shape index (κ3) is 2.23. The molecule has 1 unspecified atom stereocenters. The second kappa shape index (κ2) is 3.96. The van der Waals surface area contributed by atoms with Crippen LogP contribution >= 0.6 is 0 Å². The second-order valence-electron chi connectivity index (χ2n) is 3.01. The Hall–Kier alpha value is -1.48. The molecule has 3 heteroatoms. The lowest BCUT2D eigenvalue weighted by Gasteiger charge is -2.02. The summed E-state index contributed by atoms with van der Waals surface area (Å²) >= 11 is 0. The van der Waals surface area contributed by atoms with Gasteiger partial charge in [0.25, 0.3) is 0 Å². The SMILES string of the molecule is C1=C[NH+](CCc2ccccc2)N=N1. The monoisotopic (exact) mass is 174 g/mol. The van der Waals surface area contributed by atoms with Gasteiger partial charge in [-0.2, -0.15) is 5.01 Å². The molecule has 1 atom stereocenters. The van der Waals surface area contributed by atoms with Crippen LogP contribution in [0.15, 0.2) is 53.1 Å². The summed E-state index contributed by atoms with van der Waals surface area (Å²) in [5, 5.41) is 8.84. The molecule has 3 nitrogen and oxygen atoms in total. The Morgan fingerprint density at radius 1 is 1.15 bits per heavy atom. The minimum Gasteiger partial charge on any atom is -0.162 e. The van der Waals surface area contributed by atoms with Crippen molar-refractivity contribution in [3.05, 3.63) is 48.3 Å². The summed E-state index contributed by atoms with van der Waals surface area (Å²) < 4.78 is 0. The summed E-state index contributed by atoms with van der Waals surface area (Å²) in [5.74, 6) is 0. The van der Waals surface area contributed by atoms with Gasteiger partial charge >= 0.3 is 0 Å². The maximum Gasteiger partial charge on any atom is 0.143 e. The molecule has 0 aromatic heterocycles. The van der Waals surface area contributed by atoms with Crippen molar-refractivity contribution in [1.82, 2.24) is 0 Å². The van der Waals surface area contributed by atoms with Crippen LogP contribution in [0.5, 0.6) is 0 Å². The van der Waals surface area contributed by atoms with Crippen molar-refractivity contribution in [2.75, 3.05) is 6.54 Å². The van der Waals surface area contributed by atoms with E-state index < -0.39 is 0 Å². The summed E-state index contributed by atoms with van der Waals surface area (Å²) in [6.45, 7) is 0.976. The number of quaternary nitrogens is 1. The molecule has 0 saturated carbocycles. The molecule has 66 valence electrons. The predicted octanol–water partition coefficient (Wildman–Crippen LogP) is 0.966. The molecule has 1 aliphatic rings. The predicted molar refractivity (Wildman–Crippen MR) is 50.0 cm³/mol. The van der Waals surface area contributed by atoms with E-state index in [0.717, 1.165) is 18.0 Å². The zero-order chi connectivity index (χ0) is 8.93. The lowest BCUT2D eigenvalue weighted by atomic mass is 10.1. The van der Waals surface area contributed by atoms with Crippen LogP contribution in [-0.4, -0.2) is 6.54 Å². The van der Waals surface area contributed by atoms with Crippen molar-refractivity contribution in [3.63, 3.8) is 0 Å². The number of nitrogens with one attached hydrogen (secondary N) is 1. The minimum atomic E-state index is 0.976. The normalized spacial score (nSPS) is 19.5. The molecular formula is C10H12N3+. The van der Waals surface area contributed by atoms with Crippen molar-refractivity contribution < 1.29 is 5.01 Å². The highest BCUT2D eigenvalue weighted by atomic mass is 15.6. The zero-order valence-corrected chi connectivity index (χ0v) is 7.35. The van der Waals surface area contributed by atoms with Crippen molar-refractivity contribution in [1.29, 1.82) is 0 Å². The first kappa shape index (κ1) is 8.13. The third-order valence-electron chi connectivity index (χ3n) is 2.03. The van der Waals surface area contributed by atoms with Crippen LogP contribution in [0.2, 0.25) is 0 Å². The molecule has 0 bridgehead atoms. The smallest absolute Gasteiger partial charge is 0.143 e. The van der Waals surface area contributed by atoms with Gasteiger partial charge in [-0.05, 0) is 5.56 Å². The summed E-state index contributed by atoms with van der Waals surface area (Å²) in [5.41, 5.74) is 1.35. The van der Waals surface area contributed by atoms with Crippen LogP contribution in [0.1, 0.15) is 5.56 Å². The Morgan fingerprint density at radius 2 is 2.00 bits per heavy atom. The highest BCUT2D eigenvalue weighted by Gasteiger charge is 2.06. The number of rotatable bonds is 3. The largest absolute Gasteiger partial charge is 0.162 e. The number of nitrogens with zero attached hydrogens (tertiary/aromatic N) is 2. The van der Waals surface area contributed by atoms with Crippen LogP contribution in [-0.2, 0) is 6.42 Å². The van der Waals surface area contributed by atoms with E-state index in [1.165, 1.54) is 5.56 Å². The molecule has 1 heterocycles. The van der Waals surface area contributed by atoms with Gasteiger partial charge in [-0.3, -0.25) is 0 Å². The lowest BCUT2D eigenvalue weighted by Crippen LogP contribution is -3.01. The fraction of sp³-hybridized carbons (Fsp3) is 0.200. The fourth-order valence-electron chi connectivity index (χ4n) is 1.31. The average Bonchev–Trinajstić information content (AvgIpc) is 2.69. The maximum atomic E-state index is 3.98. The Morgan fingerprint density at radius 3 is 2.69 bits per heavy atom. The van der Waals surface area contributed by atoms with Crippen LogP contribution in [0.25, 0.3) is 0 Å². The molecular weight excluding hydrogens is 162 g/mol. The molecule has 0 spiro atoms. The second-order valence-corrected chi connectivity index (χ2v) is 3.01. The van der Waals surface area contributed by atoms with Gasteiger partial charge in [0.2, 0.25) is 0 Å². The minimum absolute atomic E-state index is 0.976. The first-order chi connectivity index (χ1) is 6.45. The molecule has 1 aliphatic heterocycles. The van der Waals surface area contributed by atoms with E-state index in [-0.39, 0.29) is 0 Å². The quantitative estimate of drug-likeness (QED) is 0.707. The maximum absolute atomic E-state index is 3.98. The van der Waals surface area contributed by atoms with Crippen molar-refractivity contribution >= 4 is 0 Å². The molecule has 2 rings (SSSR count). The average molecular weight is 174 g/mol. The van der Waals surface area contributed by atoms with E-state index in [1.54, 1.807) is 6.20 Å². The first-order valence-electron chi connectivity index (χ1n) is 4.42. The van der Waals surface area contributed by atoms with E-state index in [1.807, 2.05) is 12.3 Å². The van der Waals surface area contributed by atoms with Crippen molar-refractivity contribution in [2.24, 2.45) is 10.3 Å². The van der Waals surface area contributed by atoms with Gasteiger partial charge in [-0.1, -0.05) is 30.3 Å². The summed E-state index contributed by atoms with van der Waals surface area (Å²) in [6.07, 6.45) is 4.74. The van der Waals surface area contributed by atoms with E-state index in [0.29, 0.717) is 0 Å². The molecule has 0 radical (unpaired) electrons. The molecule has 0 amide bonds. The van der Waals surface area contributed by atoms with E-state index in [4.69, 9.17) is 0 Å². The van der Waals surface area contributed by atoms with E-state index in [9.17, 15) is 0 Å². The number of benzene rings is 1. The Bertz CT molecular complexity index is 304. The Labute approximate surface area is 77.4 Å². The Kier molecular flexibility index (Phi) is 2.48. The first-order valence-corrected chi connectivity index (χ1v) is 4.42. The molecule has 0 fully saturated rings. The molecule has 1 aromatic carbocycles. The molecule has 0 saturated heterocycles. The number of hydrogen-bond acceptors (Lipinski definition) is 2. The van der Waals surface area contributed by atoms with Crippen LogP contribution in [0.3, 0.4) is 0 Å². The van der Waals surface area contributed by atoms with Gasteiger partial charge < -0.3 is 0 Å². The number of hydrogen-bond donors (Lipinski definition) is 1. The lowest BCUT2D eigenvalue weighted by molar-refractivity contribution is -0.854. The summed E-state index contributed by atoms with van der Waals surface area (Å²) in [6, 6.07) is 10.4. The molecule has 1 N–H and O–H groups in total. The standard InChI is InChI=1S/C10H11N3/c1-2-4-10(5-3-1)6-8-13-9-7-11-12-13/h1-5,7,9H,6,8H2/p+1. The van der Waals surface area contributed by atoms with E-state index in [2.05, 4.69) is 34.6 Å². The summed E-state index contributed by atoms with van der Waals surface area (Å²) in [4.78, 5) is 0. The highest BCUT2D eigenvalue weighted by Crippen LogP contribution is 1.97. The zero-order valence-electron chi connectivity index (χ0n) is 7.35.